The summed E-state index contributed by atoms with van der Waals surface area (Å²) in [5.41, 5.74) is 8.83. The third-order valence-electron chi connectivity index (χ3n) is 6.67. The van der Waals surface area contributed by atoms with Gasteiger partial charge in [0, 0.05) is 12.6 Å². The van der Waals surface area contributed by atoms with Crippen LogP contribution in [0.25, 0.3) is 11.0 Å². The summed E-state index contributed by atoms with van der Waals surface area (Å²) in [7, 11) is 0. The molecule has 0 bridgehead atoms. The maximum atomic E-state index is 13.8. The van der Waals surface area contributed by atoms with Crippen molar-refractivity contribution >= 4 is 28.9 Å². The molecule has 1 aliphatic rings. The Morgan fingerprint density at radius 3 is 2.54 bits per heavy atom. The number of nitrogens with two attached hydrogens (primary N) is 1. The number of fused-ring (bicyclic) bond motifs is 1. The maximum absolute atomic E-state index is 13.8. The average Bonchev–Trinajstić information content (AvgIpc) is 3.51. The molecule has 2 aromatic carbocycles. The molecule has 0 spiro atoms. The van der Waals surface area contributed by atoms with Crippen molar-refractivity contribution < 1.29 is 19.1 Å². The summed E-state index contributed by atoms with van der Waals surface area (Å²) in [5, 5.41) is 16.5. The summed E-state index contributed by atoms with van der Waals surface area (Å²) in [6, 6.07) is 12.9. The van der Waals surface area contributed by atoms with Crippen LogP contribution in [-0.4, -0.2) is 68.5 Å². The van der Waals surface area contributed by atoms with Crippen LogP contribution in [0, 0.1) is 0 Å². The molecule has 11 nitrogen and oxygen atoms in total. The number of likely N-dealkylation sites (tertiary alicyclic amines) is 1. The Labute approximate surface area is 227 Å². The molecule has 4 atom stereocenters. The lowest BCUT2D eigenvalue weighted by Crippen LogP contribution is -2.54. The number of aromatic amines is 1. The average molecular weight is 536 g/mol. The molecule has 39 heavy (non-hydrogen) atoms. The largest absolute Gasteiger partial charge is 0.444 e. The highest BCUT2D eigenvalue weighted by Gasteiger charge is 2.41. The first kappa shape index (κ1) is 28.0. The molecule has 1 aliphatic heterocycles. The minimum Gasteiger partial charge on any atom is -0.444 e. The number of carbonyl (C=O) groups is 3. The van der Waals surface area contributed by atoms with Gasteiger partial charge >= 0.3 is 6.09 Å². The lowest BCUT2D eigenvalue weighted by atomic mass is 10.0. The van der Waals surface area contributed by atoms with Crippen molar-refractivity contribution in [2.45, 2.75) is 76.7 Å². The summed E-state index contributed by atoms with van der Waals surface area (Å²) < 4.78 is 5.42. The third-order valence-corrected chi connectivity index (χ3v) is 6.67. The van der Waals surface area contributed by atoms with E-state index in [0.29, 0.717) is 24.8 Å². The van der Waals surface area contributed by atoms with Crippen LogP contribution in [0.2, 0.25) is 0 Å². The predicted molar refractivity (Wildman–Crippen MR) is 146 cm³/mol. The topological polar surface area (TPSA) is 155 Å². The molecule has 11 heteroatoms. The lowest BCUT2D eigenvalue weighted by Gasteiger charge is -2.30. The summed E-state index contributed by atoms with van der Waals surface area (Å²) in [6.07, 6.45) is 0.543. The maximum Gasteiger partial charge on any atom is 0.408 e. The number of amides is 3. The van der Waals surface area contributed by atoms with Crippen LogP contribution in [-0.2, 0) is 20.7 Å². The van der Waals surface area contributed by atoms with Crippen molar-refractivity contribution in [1.82, 2.24) is 30.9 Å². The van der Waals surface area contributed by atoms with Crippen LogP contribution in [0.4, 0.5) is 4.79 Å². The third kappa shape index (κ3) is 7.32. The molecular formula is C28H37N7O4. The van der Waals surface area contributed by atoms with Gasteiger partial charge in [-0.1, -0.05) is 36.4 Å². The fourth-order valence-electron chi connectivity index (χ4n) is 4.74. The van der Waals surface area contributed by atoms with Gasteiger partial charge in [0.2, 0.25) is 11.8 Å². The monoisotopic (exact) mass is 535 g/mol. The number of hydrogen-bond donors (Lipinski definition) is 4. The second-order valence-electron chi connectivity index (χ2n) is 11.0. The van der Waals surface area contributed by atoms with Crippen LogP contribution in [0.1, 0.15) is 57.7 Å². The van der Waals surface area contributed by atoms with Crippen molar-refractivity contribution in [2.75, 3.05) is 6.54 Å². The van der Waals surface area contributed by atoms with Gasteiger partial charge in [0.25, 0.3) is 0 Å². The molecule has 1 saturated heterocycles. The standard InChI is InChI=1S/C28H37N7O4/c1-17(19-11-13-21-23(14-19)33-34-32-21)30-25(36)24-15-20(29)16-35(24)26(37)22(31-27(38)39-28(2,3)4)12-10-18-8-6-5-7-9-18/h5-9,11,13-14,17,20,22,24H,10,12,15-16,29H2,1-4H3,(H,30,36)(H,31,38)(H,32,33,34)/t17?,20?,22-,24?/m1/s1. The number of alkyl carbamates (subject to hydrolysis) is 1. The van der Waals surface area contributed by atoms with Gasteiger partial charge in [-0.05, 0) is 70.2 Å². The van der Waals surface area contributed by atoms with Gasteiger partial charge < -0.3 is 26.0 Å². The van der Waals surface area contributed by atoms with E-state index in [1.807, 2.05) is 55.5 Å². The van der Waals surface area contributed by atoms with Gasteiger partial charge in [0.15, 0.2) is 0 Å². The Morgan fingerprint density at radius 1 is 1.10 bits per heavy atom. The molecule has 0 aliphatic carbocycles. The Kier molecular flexibility index (Phi) is 8.49. The fraction of sp³-hybridized carbons (Fsp3) is 0.464. The molecule has 5 N–H and O–H groups in total. The van der Waals surface area contributed by atoms with Crippen LogP contribution >= 0.6 is 0 Å². The zero-order valence-corrected chi connectivity index (χ0v) is 22.8. The molecule has 3 aromatic rings. The highest BCUT2D eigenvalue weighted by atomic mass is 16.6. The highest BCUT2D eigenvalue weighted by molar-refractivity contribution is 5.92. The molecule has 0 saturated carbocycles. The molecule has 208 valence electrons. The molecule has 2 heterocycles. The normalized spacial score (nSPS) is 18.9. The molecule has 3 amide bonds. The van der Waals surface area contributed by atoms with E-state index in [1.54, 1.807) is 20.8 Å². The van der Waals surface area contributed by atoms with Crippen molar-refractivity contribution in [1.29, 1.82) is 0 Å². The van der Waals surface area contributed by atoms with E-state index in [0.717, 1.165) is 16.6 Å². The molecule has 1 fully saturated rings. The lowest BCUT2D eigenvalue weighted by molar-refractivity contribution is -0.140. The second kappa shape index (κ2) is 11.8. The highest BCUT2D eigenvalue weighted by Crippen LogP contribution is 2.23. The zero-order valence-electron chi connectivity index (χ0n) is 22.8. The van der Waals surface area contributed by atoms with E-state index in [1.165, 1.54) is 4.90 Å². The zero-order chi connectivity index (χ0) is 28.2. The second-order valence-corrected chi connectivity index (χ2v) is 11.0. The Morgan fingerprint density at radius 2 is 1.82 bits per heavy atom. The van der Waals surface area contributed by atoms with E-state index in [2.05, 4.69) is 26.0 Å². The van der Waals surface area contributed by atoms with E-state index in [-0.39, 0.29) is 30.4 Å². The van der Waals surface area contributed by atoms with Crippen LogP contribution in [0.5, 0.6) is 0 Å². The first-order chi connectivity index (χ1) is 18.5. The van der Waals surface area contributed by atoms with Gasteiger partial charge in [-0.25, -0.2) is 4.79 Å². The van der Waals surface area contributed by atoms with Gasteiger partial charge in [-0.15, -0.1) is 0 Å². The van der Waals surface area contributed by atoms with Crippen molar-refractivity contribution in [3.8, 4) is 0 Å². The Balaban J connectivity index is 1.48. The summed E-state index contributed by atoms with van der Waals surface area (Å²) >= 11 is 0. The number of ether oxygens (including phenoxy) is 1. The molecule has 0 radical (unpaired) electrons. The number of hydrogen-bond acceptors (Lipinski definition) is 7. The van der Waals surface area contributed by atoms with E-state index >= 15 is 0 Å². The SMILES string of the molecule is CC(NC(=O)C1CC(N)CN1C(=O)[C@@H](CCc1ccccc1)NC(=O)OC(C)(C)C)c1ccc2n[nH]nc2c1. The number of benzene rings is 2. The van der Waals surface area contributed by atoms with Crippen LogP contribution < -0.4 is 16.4 Å². The first-order valence-electron chi connectivity index (χ1n) is 13.2. The number of H-pyrrole nitrogens is 1. The predicted octanol–water partition coefficient (Wildman–Crippen LogP) is 2.59. The minimum atomic E-state index is -0.882. The van der Waals surface area contributed by atoms with Crippen molar-refractivity contribution in [3.63, 3.8) is 0 Å². The molecule has 3 unspecified atom stereocenters. The van der Waals surface area contributed by atoms with Gasteiger partial charge in [0.05, 0.1) is 6.04 Å². The van der Waals surface area contributed by atoms with Crippen LogP contribution in [0.15, 0.2) is 48.5 Å². The summed E-state index contributed by atoms with van der Waals surface area (Å²) in [5.74, 6) is -0.662. The van der Waals surface area contributed by atoms with Gasteiger partial charge in [0.1, 0.15) is 28.7 Å². The number of aryl methyl sites for hydroxylation is 1. The number of aromatic nitrogens is 3. The fourth-order valence-corrected chi connectivity index (χ4v) is 4.74. The number of nitrogens with one attached hydrogen (secondary N) is 3. The molecule has 4 rings (SSSR count). The summed E-state index contributed by atoms with van der Waals surface area (Å²) in [4.78, 5) is 41.3. The summed E-state index contributed by atoms with van der Waals surface area (Å²) in [6.45, 7) is 7.36. The molecule has 1 aromatic heterocycles. The van der Waals surface area contributed by atoms with Crippen molar-refractivity contribution in [3.05, 3.63) is 59.7 Å². The number of carbonyl (C=O) groups excluding carboxylic acids is 3. The van der Waals surface area contributed by atoms with Gasteiger partial charge in [-0.3, -0.25) is 9.59 Å². The van der Waals surface area contributed by atoms with E-state index in [9.17, 15) is 14.4 Å². The van der Waals surface area contributed by atoms with Gasteiger partial charge in [-0.2, -0.15) is 15.4 Å². The Bertz CT molecular complexity index is 1300. The quantitative estimate of drug-likeness (QED) is 0.345. The van der Waals surface area contributed by atoms with Crippen LogP contribution in [0.3, 0.4) is 0 Å². The first-order valence-corrected chi connectivity index (χ1v) is 13.2. The van der Waals surface area contributed by atoms with Crippen molar-refractivity contribution in [2.24, 2.45) is 5.73 Å². The molecular weight excluding hydrogens is 498 g/mol. The van der Waals surface area contributed by atoms with E-state index < -0.39 is 23.8 Å². The number of rotatable bonds is 8. The minimum absolute atomic E-state index is 0.216. The van der Waals surface area contributed by atoms with E-state index in [4.69, 9.17) is 10.5 Å². The number of nitrogens with zero attached hydrogens (tertiary/aromatic N) is 3. The smallest absolute Gasteiger partial charge is 0.408 e. The Hall–Kier alpha value is -3.99.